The zero-order chi connectivity index (χ0) is 10.2. The van der Waals surface area contributed by atoms with Gasteiger partial charge in [-0.25, -0.2) is 0 Å². The fourth-order valence-corrected chi connectivity index (χ4v) is 1.05. The number of rotatable bonds is 6. The molecule has 1 atom stereocenters. The quantitative estimate of drug-likeness (QED) is 0.691. The van der Waals surface area contributed by atoms with Gasteiger partial charge in [0.25, 0.3) is 0 Å². The minimum atomic E-state index is -0.210. The predicted molar refractivity (Wildman–Crippen MR) is 56.5 cm³/mol. The van der Waals surface area contributed by atoms with Gasteiger partial charge in [-0.15, -0.1) is 0 Å². The zero-order valence-corrected chi connectivity index (χ0v) is 8.10. The van der Waals surface area contributed by atoms with Crippen molar-refractivity contribution >= 4 is 6.72 Å². The molecular formula is C11H15NO2. The molecule has 0 heterocycles. The van der Waals surface area contributed by atoms with Crippen molar-refractivity contribution in [2.45, 2.75) is 12.6 Å². The van der Waals surface area contributed by atoms with Gasteiger partial charge in [-0.3, -0.25) is 4.99 Å². The molecular weight excluding hydrogens is 178 g/mol. The van der Waals surface area contributed by atoms with E-state index in [1.54, 1.807) is 0 Å². The molecule has 1 rings (SSSR count). The summed E-state index contributed by atoms with van der Waals surface area (Å²) in [5.41, 5.74) is 1.12. The Morgan fingerprint density at radius 1 is 1.36 bits per heavy atom. The summed E-state index contributed by atoms with van der Waals surface area (Å²) in [4.78, 5) is 3.71. The second-order valence-corrected chi connectivity index (χ2v) is 3.02. The van der Waals surface area contributed by atoms with Gasteiger partial charge in [0.2, 0.25) is 0 Å². The Hall–Kier alpha value is -1.19. The molecule has 76 valence electrons. The Bertz CT molecular complexity index is 261. The van der Waals surface area contributed by atoms with Crippen molar-refractivity contribution in [2.75, 3.05) is 13.2 Å². The number of benzene rings is 1. The van der Waals surface area contributed by atoms with E-state index in [9.17, 15) is 0 Å². The van der Waals surface area contributed by atoms with Crippen LogP contribution in [0.15, 0.2) is 35.3 Å². The molecule has 1 aromatic rings. The van der Waals surface area contributed by atoms with E-state index >= 15 is 0 Å². The van der Waals surface area contributed by atoms with Crippen molar-refractivity contribution in [3.05, 3.63) is 35.9 Å². The summed E-state index contributed by atoms with van der Waals surface area (Å²) in [5, 5.41) is 8.81. The van der Waals surface area contributed by atoms with Crippen molar-refractivity contribution in [3.63, 3.8) is 0 Å². The topological polar surface area (TPSA) is 41.8 Å². The van der Waals surface area contributed by atoms with E-state index in [-0.39, 0.29) is 12.6 Å². The smallest absolute Gasteiger partial charge is 0.0956 e. The highest BCUT2D eigenvalue weighted by Gasteiger charge is 2.02. The van der Waals surface area contributed by atoms with Crippen LogP contribution in [0.3, 0.4) is 0 Å². The number of aliphatic hydroxyl groups is 1. The van der Waals surface area contributed by atoms with Crippen LogP contribution in [0.4, 0.5) is 0 Å². The molecule has 0 spiro atoms. The summed E-state index contributed by atoms with van der Waals surface area (Å²) in [5.74, 6) is 0. The maximum atomic E-state index is 8.81. The van der Waals surface area contributed by atoms with Crippen molar-refractivity contribution in [3.8, 4) is 0 Å². The van der Waals surface area contributed by atoms with Crippen LogP contribution in [-0.4, -0.2) is 31.1 Å². The number of hydrogen-bond donors (Lipinski definition) is 1. The largest absolute Gasteiger partial charge is 0.394 e. The molecule has 1 aromatic carbocycles. The fourth-order valence-electron chi connectivity index (χ4n) is 1.05. The van der Waals surface area contributed by atoms with Crippen LogP contribution in [-0.2, 0) is 11.3 Å². The highest BCUT2D eigenvalue weighted by Crippen LogP contribution is 2.01. The van der Waals surface area contributed by atoms with Crippen LogP contribution < -0.4 is 0 Å². The SMILES string of the molecule is C=NC(CO)COCc1ccccc1. The van der Waals surface area contributed by atoms with Crippen molar-refractivity contribution < 1.29 is 9.84 Å². The van der Waals surface area contributed by atoms with Crippen LogP contribution in [0.5, 0.6) is 0 Å². The number of nitrogens with zero attached hydrogens (tertiary/aromatic N) is 1. The fraction of sp³-hybridized carbons (Fsp3) is 0.364. The molecule has 3 heteroatoms. The molecule has 0 aliphatic heterocycles. The first-order chi connectivity index (χ1) is 6.86. The molecule has 1 N–H and O–H groups in total. The van der Waals surface area contributed by atoms with Gasteiger partial charge in [0.1, 0.15) is 0 Å². The van der Waals surface area contributed by atoms with E-state index < -0.39 is 0 Å². The third-order valence-corrected chi connectivity index (χ3v) is 1.89. The van der Waals surface area contributed by atoms with Crippen molar-refractivity contribution in [1.82, 2.24) is 0 Å². The van der Waals surface area contributed by atoms with E-state index in [1.165, 1.54) is 0 Å². The Kier molecular flexibility index (Phi) is 4.89. The maximum absolute atomic E-state index is 8.81. The minimum Gasteiger partial charge on any atom is -0.394 e. The van der Waals surface area contributed by atoms with Gasteiger partial charge in [-0.2, -0.15) is 0 Å². The van der Waals surface area contributed by atoms with Gasteiger partial charge in [0.15, 0.2) is 0 Å². The summed E-state index contributed by atoms with van der Waals surface area (Å²) in [6.45, 7) is 4.31. The molecule has 0 saturated heterocycles. The lowest BCUT2D eigenvalue weighted by Gasteiger charge is -2.09. The lowest BCUT2D eigenvalue weighted by Crippen LogP contribution is -2.17. The van der Waals surface area contributed by atoms with Gasteiger partial charge < -0.3 is 9.84 Å². The summed E-state index contributed by atoms with van der Waals surface area (Å²) in [6, 6.07) is 9.68. The highest BCUT2D eigenvalue weighted by atomic mass is 16.5. The Balaban J connectivity index is 2.25. The van der Waals surface area contributed by atoms with Gasteiger partial charge in [0.05, 0.1) is 25.9 Å². The lowest BCUT2D eigenvalue weighted by atomic mass is 10.2. The first-order valence-corrected chi connectivity index (χ1v) is 4.55. The summed E-state index contributed by atoms with van der Waals surface area (Å²) in [7, 11) is 0. The third-order valence-electron chi connectivity index (χ3n) is 1.89. The van der Waals surface area contributed by atoms with Gasteiger partial charge in [-0.05, 0) is 12.3 Å². The van der Waals surface area contributed by atoms with E-state index in [1.807, 2.05) is 30.3 Å². The summed E-state index contributed by atoms with van der Waals surface area (Å²) in [6.07, 6.45) is 0. The van der Waals surface area contributed by atoms with E-state index in [4.69, 9.17) is 9.84 Å². The van der Waals surface area contributed by atoms with E-state index in [0.717, 1.165) is 5.56 Å². The average Bonchev–Trinajstić information content (AvgIpc) is 2.26. The number of aliphatic hydroxyl groups excluding tert-OH is 1. The van der Waals surface area contributed by atoms with Crippen LogP contribution in [0.1, 0.15) is 5.56 Å². The van der Waals surface area contributed by atoms with Crippen molar-refractivity contribution in [2.24, 2.45) is 4.99 Å². The zero-order valence-electron chi connectivity index (χ0n) is 8.10. The highest BCUT2D eigenvalue weighted by molar-refractivity contribution is 5.24. The van der Waals surface area contributed by atoms with Gasteiger partial charge in [-0.1, -0.05) is 30.3 Å². The van der Waals surface area contributed by atoms with Gasteiger partial charge >= 0.3 is 0 Å². The molecule has 0 saturated carbocycles. The van der Waals surface area contributed by atoms with Crippen LogP contribution in [0.25, 0.3) is 0 Å². The maximum Gasteiger partial charge on any atom is 0.0956 e. The molecule has 0 radical (unpaired) electrons. The molecule has 14 heavy (non-hydrogen) atoms. The number of hydrogen-bond acceptors (Lipinski definition) is 3. The molecule has 0 aliphatic carbocycles. The first-order valence-electron chi connectivity index (χ1n) is 4.55. The van der Waals surface area contributed by atoms with Crippen LogP contribution in [0, 0.1) is 0 Å². The molecule has 3 nitrogen and oxygen atoms in total. The van der Waals surface area contributed by atoms with Crippen LogP contribution in [0.2, 0.25) is 0 Å². The Labute approximate surface area is 84.1 Å². The standard InChI is InChI=1S/C11H15NO2/c1-12-11(7-13)9-14-8-10-5-3-2-4-6-10/h2-6,11,13H,1,7-9H2. The normalized spacial score (nSPS) is 12.4. The first kappa shape index (κ1) is 10.9. The number of ether oxygens (including phenoxy) is 1. The third kappa shape index (κ3) is 3.68. The molecule has 0 amide bonds. The molecule has 0 bridgehead atoms. The lowest BCUT2D eigenvalue weighted by molar-refractivity contribution is 0.0908. The summed E-state index contributed by atoms with van der Waals surface area (Å²) >= 11 is 0. The minimum absolute atomic E-state index is 0.0156. The molecule has 0 fully saturated rings. The molecule has 0 aromatic heterocycles. The Morgan fingerprint density at radius 2 is 2.07 bits per heavy atom. The average molecular weight is 193 g/mol. The number of aliphatic imine (C=N–C) groups is 1. The molecule has 1 unspecified atom stereocenters. The van der Waals surface area contributed by atoms with Crippen LogP contribution >= 0.6 is 0 Å². The van der Waals surface area contributed by atoms with Crippen molar-refractivity contribution in [1.29, 1.82) is 0 Å². The van der Waals surface area contributed by atoms with Gasteiger partial charge in [0, 0.05) is 0 Å². The monoisotopic (exact) mass is 193 g/mol. The predicted octanol–water partition coefficient (Wildman–Crippen LogP) is 1.26. The second kappa shape index (κ2) is 6.29. The summed E-state index contributed by atoms with van der Waals surface area (Å²) < 4.78 is 5.37. The molecule has 0 aliphatic rings. The van der Waals surface area contributed by atoms with E-state index in [2.05, 4.69) is 11.7 Å². The Morgan fingerprint density at radius 3 is 2.64 bits per heavy atom. The van der Waals surface area contributed by atoms with E-state index in [0.29, 0.717) is 13.2 Å². The second-order valence-electron chi connectivity index (χ2n) is 3.02.